The van der Waals surface area contributed by atoms with E-state index in [9.17, 15) is 4.39 Å². The first kappa shape index (κ1) is 14.2. The molecule has 1 aromatic heterocycles. The third kappa shape index (κ3) is 3.22. The summed E-state index contributed by atoms with van der Waals surface area (Å²) < 4.78 is 16.2. The first-order valence-corrected chi connectivity index (χ1v) is 7.02. The summed E-state index contributed by atoms with van der Waals surface area (Å²) >= 11 is 3.17. The maximum atomic E-state index is 13.9. The molecule has 0 aliphatic heterocycles. The van der Waals surface area contributed by atoms with Gasteiger partial charge in [-0.3, -0.25) is 4.68 Å². The largest absolute Gasteiger partial charge is 0.324 e. The van der Waals surface area contributed by atoms with Crippen LogP contribution >= 0.6 is 15.9 Å². The Morgan fingerprint density at radius 2 is 2.11 bits per heavy atom. The highest BCUT2D eigenvalue weighted by Gasteiger charge is 2.15. The summed E-state index contributed by atoms with van der Waals surface area (Å²) in [7, 11) is 0. The average Bonchev–Trinajstić information content (AvgIpc) is 2.81. The second-order valence-electron chi connectivity index (χ2n) is 4.83. The summed E-state index contributed by atoms with van der Waals surface area (Å²) in [5, 5.41) is 4.43. The van der Waals surface area contributed by atoms with Gasteiger partial charge in [0.15, 0.2) is 0 Å². The molecular weight excluding hydrogens is 309 g/mol. The predicted octanol–water partition coefficient (Wildman–Crippen LogP) is 3.61. The monoisotopic (exact) mass is 325 g/mol. The van der Waals surface area contributed by atoms with Gasteiger partial charge in [0, 0.05) is 30.3 Å². The van der Waals surface area contributed by atoms with Gasteiger partial charge in [-0.25, -0.2) is 4.39 Å². The summed E-state index contributed by atoms with van der Waals surface area (Å²) in [4.78, 5) is 0. The van der Waals surface area contributed by atoms with Gasteiger partial charge in [-0.15, -0.1) is 0 Å². The Morgan fingerprint density at radius 3 is 2.74 bits per heavy atom. The lowest BCUT2D eigenvalue weighted by Gasteiger charge is -2.12. The van der Waals surface area contributed by atoms with Crippen molar-refractivity contribution in [3.8, 4) is 0 Å². The number of hydrogen-bond acceptors (Lipinski definition) is 2. The molecule has 2 aromatic rings. The lowest BCUT2D eigenvalue weighted by atomic mass is 10.0. The van der Waals surface area contributed by atoms with Crippen molar-refractivity contribution in [1.82, 2.24) is 9.78 Å². The van der Waals surface area contributed by atoms with Crippen LogP contribution in [0.2, 0.25) is 0 Å². The molecule has 0 amide bonds. The van der Waals surface area contributed by atoms with Gasteiger partial charge in [-0.2, -0.15) is 5.10 Å². The highest BCUT2D eigenvalue weighted by atomic mass is 79.9. The van der Waals surface area contributed by atoms with Crippen LogP contribution in [0.5, 0.6) is 0 Å². The molecule has 19 heavy (non-hydrogen) atoms. The molecule has 102 valence electrons. The van der Waals surface area contributed by atoms with Crippen LogP contribution in [0, 0.1) is 5.82 Å². The Balaban J connectivity index is 2.16. The van der Waals surface area contributed by atoms with Crippen LogP contribution in [0.4, 0.5) is 4.39 Å². The Morgan fingerprint density at radius 1 is 1.37 bits per heavy atom. The molecule has 3 nitrogen and oxygen atoms in total. The molecule has 0 aliphatic rings. The number of rotatable bonds is 4. The van der Waals surface area contributed by atoms with E-state index in [1.165, 1.54) is 0 Å². The second kappa shape index (κ2) is 5.84. The molecule has 5 heteroatoms. The first-order chi connectivity index (χ1) is 8.99. The minimum atomic E-state index is -0.395. The predicted molar refractivity (Wildman–Crippen MR) is 77.3 cm³/mol. The molecule has 0 bridgehead atoms. The van der Waals surface area contributed by atoms with Gasteiger partial charge < -0.3 is 5.73 Å². The molecule has 2 rings (SSSR count). The molecular formula is C14H17BrFN3. The molecule has 0 spiro atoms. The van der Waals surface area contributed by atoms with E-state index in [2.05, 4.69) is 34.9 Å². The molecule has 0 saturated carbocycles. The first-order valence-electron chi connectivity index (χ1n) is 6.22. The SMILES string of the molecule is CC(C)n1ccc(CC(N)c2cccc(Br)c2F)n1. The van der Waals surface area contributed by atoms with E-state index < -0.39 is 6.04 Å². The Bertz CT molecular complexity index is 566. The fourth-order valence-corrected chi connectivity index (χ4v) is 2.30. The van der Waals surface area contributed by atoms with Crippen molar-refractivity contribution in [1.29, 1.82) is 0 Å². The zero-order valence-corrected chi connectivity index (χ0v) is 12.6. The van der Waals surface area contributed by atoms with E-state index in [0.29, 0.717) is 22.5 Å². The van der Waals surface area contributed by atoms with Crippen molar-refractivity contribution >= 4 is 15.9 Å². The minimum Gasteiger partial charge on any atom is -0.324 e. The van der Waals surface area contributed by atoms with Crippen LogP contribution in [0.3, 0.4) is 0 Å². The number of hydrogen-bond donors (Lipinski definition) is 1. The summed E-state index contributed by atoms with van der Waals surface area (Å²) in [5.74, 6) is -0.293. The lowest BCUT2D eigenvalue weighted by Crippen LogP contribution is -2.16. The molecule has 0 aliphatic carbocycles. The van der Waals surface area contributed by atoms with Crippen LogP contribution in [-0.4, -0.2) is 9.78 Å². The van der Waals surface area contributed by atoms with E-state index >= 15 is 0 Å². The molecule has 1 aromatic carbocycles. The van der Waals surface area contributed by atoms with Crippen LogP contribution in [0.25, 0.3) is 0 Å². The normalized spacial score (nSPS) is 12.9. The van der Waals surface area contributed by atoms with Gasteiger partial charge in [0.2, 0.25) is 0 Å². The fraction of sp³-hybridized carbons (Fsp3) is 0.357. The molecule has 1 atom stereocenters. The van der Waals surface area contributed by atoms with Crippen LogP contribution in [0.15, 0.2) is 34.9 Å². The molecule has 0 radical (unpaired) electrons. The van der Waals surface area contributed by atoms with Gasteiger partial charge in [0.1, 0.15) is 5.82 Å². The van der Waals surface area contributed by atoms with Gasteiger partial charge in [-0.05, 0) is 41.9 Å². The van der Waals surface area contributed by atoms with Crippen LogP contribution in [-0.2, 0) is 6.42 Å². The van der Waals surface area contributed by atoms with Gasteiger partial charge in [-0.1, -0.05) is 12.1 Å². The summed E-state index contributed by atoms with van der Waals surface area (Å²) in [6.45, 7) is 4.12. The van der Waals surface area contributed by atoms with Gasteiger partial charge in [0.05, 0.1) is 10.2 Å². The van der Waals surface area contributed by atoms with Crippen molar-refractivity contribution in [2.24, 2.45) is 5.73 Å². The van der Waals surface area contributed by atoms with Crippen molar-refractivity contribution < 1.29 is 4.39 Å². The van der Waals surface area contributed by atoms with Crippen LogP contribution < -0.4 is 5.73 Å². The zero-order valence-electron chi connectivity index (χ0n) is 11.0. The van der Waals surface area contributed by atoms with E-state index in [1.54, 1.807) is 18.2 Å². The maximum Gasteiger partial charge on any atom is 0.142 e. The quantitative estimate of drug-likeness (QED) is 0.933. The summed E-state index contributed by atoms with van der Waals surface area (Å²) in [5.41, 5.74) is 7.46. The minimum absolute atomic E-state index is 0.293. The molecule has 2 N–H and O–H groups in total. The summed E-state index contributed by atoms with van der Waals surface area (Å²) in [6.07, 6.45) is 2.44. The van der Waals surface area contributed by atoms with E-state index in [4.69, 9.17) is 5.73 Å². The summed E-state index contributed by atoms with van der Waals surface area (Å²) in [6, 6.07) is 7.01. The molecule has 1 heterocycles. The van der Waals surface area contributed by atoms with Crippen molar-refractivity contribution in [3.63, 3.8) is 0 Å². The lowest BCUT2D eigenvalue weighted by molar-refractivity contribution is 0.519. The Kier molecular flexibility index (Phi) is 4.37. The van der Waals surface area contributed by atoms with Gasteiger partial charge in [0.25, 0.3) is 0 Å². The Labute approximate surface area is 120 Å². The second-order valence-corrected chi connectivity index (χ2v) is 5.69. The third-order valence-corrected chi connectivity index (χ3v) is 3.62. The van der Waals surface area contributed by atoms with Crippen molar-refractivity contribution in [2.45, 2.75) is 32.4 Å². The van der Waals surface area contributed by atoms with E-state index in [0.717, 1.165) is 5.69 Å². The molecule has 0 fully saturated rings. The standard InChI is InChI=1S/C14H17BrFN3/c1-9(2)19-7-6-10(18-19)8-13(17)11-4-3-5-12(15)14(11)16/h3-7,9,13H,8,17H2,1-2H3. The zero-order chi connectivity index (χ0) is 14.0. The number of halogens is 2. The van der Waals surface area contributed by atoms with E-state index in [1.807, 2.05) is 16.9 Å². The van der Waals surface area contributed by atoms with Gasteiger partial charge >= 0.3 is 0 Å². The number of nitrogens with two attached hydrogens (primary N) is 1. The third-order valence-electron chi connectivity index (χ3n) is 3.00. The molecule has 1 unspecified atom stereocenters. The highest BCUT2D eigenvalue weighted by molar-refractivity contribution is 9.10. The molecule has 0 saturated heterocycles. The fourth-order valence-electron chi connectivity index (χ4n) is 1.92. The number of benzene rings is 1. The number of nitrogens with zero attached hydrogens (tertiary/aromatic N) is 2. The van der Waals surface area contributed by atoms with Crippen molar-refractivity contribution in [3.05, 3.63) is 52.0 Å². The van der Waals surface area contributed by atoms with E-state index in [-0.39, 0.29) is 5.82 Å². The van der Waals surface area contributed by atoms with Crippen molar-refractivity contribution in [2.75, 3.05) is 0 Å². The maximum absolute atomic E-state index is 13.9. The smallest absolute Gasteiger partial charge is 0.142 e. The van der Waals surface area contributed by atoms with Crippen LogP contribution in [0.1, 0.15) is 37.2 Å². The average molecular weight is 326 g/mol. The highest BCUT2D eigenvalue weighted by Crippen LogP contribution is 2.24. The topological polar surface area (TPSA) is 43.8 Å². The number of aromatic nitrogens is 2. The Hall–Kier alpha value is -1.20.